The Morgan fingerprint density at radius 1 is 1.43 bits per heavy atom. The third-order valence-electron chi connectivity index (χ3n) is 4.88. The van der Waals surface area contributed by atoms with E-state index in [9.17, 15) is 4.79 Å². The number of benzene rings is 1. The molecule has 3 nitrogen and oxygen atoms in total. The molecule has 1 fully saturated rings. The van der Waals surface area contributed by atoms with E-state index in [1.807, 2.05) is 12.1 Å². The Morgan fingerprint density at radius 3 is 3.14 bits per heavy atom. The van der Waals surface area contributed by atoms with E-state index in [0.717, 1.165) is 43.9 Å². The van der Waals surface area contributed by atoms with Crippen molar-refractivity contribution in [2.24, 2.45) is 11.8 Å². The second-order valence-electron chi connectivity index (χ2n) is 6.46. The number of ketones is 1. The number of hydrogen-bond donors (Lipinski definition) is 1. The summed E-state index contributed by atoms with van der Waals surface area (Å²) in [6.07, 6.45) is 5.18. The summed E-state index contributed by atoms with van der Waals surface area (Å²) in [5, 5.41) is 3.44. The van der Waals surface area contributed by atoms with Crippen molar-refractivity contribution in [3.63, 3.8) is 0 Å². The molecule has 0 radical (unpaired) electrons. The van der Waals surface area contributed by atoms with Gasteiger partial charge in [-0.3, -0.25) is 4.79 Å². The van der Waals surface area contributed by atoms with Crippen molar-refractivity contribution in [2.75, 3.05) is 19.7 Å². The molecule has 21 heavy (non-hydrogen) atoms. The molecule has 0 amide bonds. The molecule has 2 aliphatic heterocycles. The summed E-state index contributed by atoms with van der Waals surface area (Å²) in [4.78, 5) is 12.7. The van der Waals surface area contributed by atoms with Gasteiger partial charge in [0.05, 0.1) is 12.2 Å². The summed E-state index contributed by atoms with van der Waals surface area (Å²) in [7, 11) is 0. The normalized spacial score (nSPS) is 23.0. The Morgan fingerprint density at radius 2 is 2.33 bits per heavy atom. The molecular weight excluding hydrogens is 262 g/mol. The zero-order chi connectivity index (χ0) is 14.7. The second-order valence-corrected chi connectivity index (χ2v) is 6.46. The number of hydrogen-bond acceptors (Lipinski definition) is 3. The van der Waals surface area contributed by atoms with Crippen LogP contribution in [0.2, 0.25) is 0 Å². The Balaban J connectivity index is 1.70. The summed E-state index contributed by atoms with van der Waals surface area (Å²) in [5.74, 6) is 2.16. The van der Waals surface area contributed by atoms with E-state index < -0.39 is 0 Å². The van der Waals surface area contributed by atoms with Crippen LogP contribution in [-0.2, 0) is 6.42 Å². The Hall–Kier alpha value is -1.35. The van der Waals surface area contributed by atoms with E-state index in [2.05, 4.69) is 18.3 Å². The number of carbonyl (C=O) groups is 1. The van der Waals surface area contributed by atoms with E-state index in [4.69, 9.17) is 4.74 Å². The molecule has 0 aliphatic carbocycles. The van der Waals surface area contributed by atoms with Gasteiger partial charge in [-0.2, -0.15) is 0 Å². The van der Waals surface area contributed by atoms with Gasteiger partial charge in [-0.15, -0.1) is 0 Å². The molecule has 0 spiro atoms. The molecule has 1 aromatic carbocycles. The van der Waals surface area contributed by atoms with Gasteiger partial charge in [0.15, 0.2) is 5.78 Å². The molecule has 2 atom stereocenters. The molecular formula is C18H25NO2. The number of para-hydroxylation sites is 1. The lowest BCUT2D eigenvalue weighted by molar-refractivity contribution is 0.0938. The Labute approximate surface area is 127 Å². The molecule has 3 heteroatoms. The van der Waals surface area contributed by atoms with Gasteiger partial charge in [0.25, 0.3) is 0 Å². The van der Waals surface area contributed by atoms with E-state index in [0.29, 0.717) is 18.3 Å². The van der Waals surface area contributed by atoms with E-state index in [1.54, 1.807) is 0 Å². The second kappa shape index (κ2) is 6.61. The van der Waals surface area contributed by atoms with Gasteiger partial charge in [0.2, 0.25) is 0 Å². The van der Waals surface area contributed by atoms with Gasteiger partial charge in [-0.1, -0.05) is 19.1 Å². The zero-order valence-electron chi connectivity index (χ0n) is 12.9. The maximum absolute atomic E-state index is 12.7. The number of rotatable bonds is 4. The van der Waals surface area contributed by atoms with Gasteiger partial charge < -0.3 is 10.1 Å². The number of aryl methyl sites for hydroxylation is 1. The van der Waals surface area contributed by atoms with Crippen LogP contribution in [0.5, 0.6) is 5.75 Å². The highest BCUT2D eigenvalue weighted by Crippen LogP contribution is 2.31. The minimum Gasteiger partial charge on any atom is -0.493 e. The highest BCUT2D eigenvalue weighted by atomic mass is 16.5. The fraction of sp³-hybridized carbons (Fsp3) is 0.611. The predicted molar refractivity (Wildman–Crippen MR) is 84.0 cm³/mol. The lowest BCUT2D eigenvalue weighted by Crippen LogP contribution is -2.34. The van der Waals surface area contributed by atoms with Crippen molar-refractivity contribution in [3.8, 4) is 5.75 Å². The largest absolute Gasteiger partial charge is 0.493 e. The summed E-state index contributed by atoms with van der Waals surface area (Å²) >= 11 is 0. The van der Waals surface area contributed by atoms with Crippen molar-refractivity contribution in [1.29, 1.82) is 0 Å². The first kappa shape index (κ1) is 14.6. The lowest BCUT2D eigenvalue weighted by atomic mass is 9.83. The highest BCUT2D eigenvalue weighted by Gasteiger charge is 2.25. The van der Waals surface area contributed by atoms with E-state index in [-0.39, 0.29) is 5.78 Å². The van der Waals surface area contributed by atoms with Crippen LogP contribution < -0.4 is 10.1 Å². The Bertz CT molecular complexity index is 506. The van der Waals surface area contributed by atoms with Crippen LogP contribution in [0.4, 0.5) is 0 Å². The quantitative estimate of drug-likeness (QED) is 0.864. The van der Waals surface area contributed by atoms with Crippen LogP contribution in [0.25, 0.3) is 0 Å². The van der Waals surface area contributed by atoms with E-state index in [1.165, 1.54) is 18.4 Å². The van der Waals surface area contributed by atoms with Crippen molar-refractivity contribution in [2.45, 2.75) is 39.0 Å². The summed E-state index contributed by atoms with van der Waals surface area (Å²) in [6, 6.07) is 6.01. The minimum atomic E-state index is 0.242. The third-order valence-corrected chi connectivity index (χ3v) is 4.88. The molecule has 3 rings (SSSR count). The van der Waals surface area contributed by atoms with Crippen LogP contribution in [0.1, 0.15) is 48.5 Å². The van der Waals surface area contributed by atoms with Gasteiger partial charge >= 0.3 is 0 Å². The number of piperidine rings is 1. The van der Waals surface area contributed by atoms with Crippen molar-refractivity contribution < 1.29 is 9.53 Å². The van der Waals surface area contributed by atoms with Crippen LogP contribution in [0, 0.1) is 11.8 Å². The molecule has 0 saturated carbocycles. The van der Waals surface area contributed by atoms with E-state index >= 15 is 0 Å². The topological polar surface area (TPSA) is 38.3 Å². The number of fused-ring (bicyclic) bond motifs is 1. The fourth-order valence-electron chi connectivity index (χ4n) is 3.54. The molecule has 1 N–H and O–H groups in total. The maximum Gasteiger partial charge on any atom is 0.166 e. The number of Topliss-reactive ketones (excluding diaryl/α,β-unsaturated/α-hetero) is 1. The molecule has 1 aromatic rings. The smallest absolute Gasteiger partial charge is 0.166 e. The average molecular weight is 287 g/mol. The van der Waals surface area contributed by atoms with Crippen molar-refractivity contribution in [3.05, 3.63) is 29.3 Å². The first-order valence-electron chi connectivity index (χ1n) is 8.24. The van der Waals surface area contributed by atoms with Crippen LogP contribution in [0.3, 0.4) is 0 Å². The van der Waals surface area contributed by atoms with Gasteiger partial charge in [0.1, 0.15) is 5.75 Å². The summed E-state index contributed by atoms with van der Waals surface area (Å²) in [6.45, 7) is 5.13. The minimum absolute atomic E-state index is 0.242. The first-order chi connectivity index (χ1) is 10.3. The third kappa shape index (κ3) is 3.29. The highest BCUT2D eigenvalue weighted by molar-refractivity contribution is 5.99. The van der Waals surface area contributed by atoms with Crippen molar-refractivity contribution in [1.82, 2.24) is 5.32 Å². The standard InChI is InChI=1S/C18H25NO2/c1-13(15-6-3-9-19-12-15)11-17(20)16-8-2-5-14-7-4-10-21-18(14)16/h2,5,8,13,15,19H,3-4,6-7,9-12H2,1H3. The maximum atomic E-state index is 12.7. The molecule has 2 unspecified atom stereocenters. The number of ether oxygens (including phenoxy) is 1. The van der Waals surface area contributed by atoms with Gasteiger partial charge in [-0.05, 0) is 62.2 Å². The molecule has 114 valence electrons. The summed E-state index contributed by atoms with van der Waals surface area (Å²) < 4.78 is 5.77. The SMILES string of the molecule is CC(CC(=O)c1cccc2c1OCCC2)C1CCCNC1. The van der Waals surface area contributed by atoms with Crippen LogP contribution in [0.15, 0.2) is 18.2 Å². The molecule has 1 saturated heterocycles. The molecule has 2 heterocycles. The number of nitrogens with one attached hydrogen (secondary N) is 1. The number of carbonyl (C=O) groups excluding carboxylic acids is 1. The summed E-state index contributed by atoms with van der Waals surface area (Å²) in [5.41, 5.74) is 1.99. The van der Waals surface area contributed by atoms with Crippen LogP contribution in [-0.4, -0.2) is 25.5 Å². The average Bonchev–Trinajstić information content (AvgIpc) is 2.55. The van der Waals surface area contributed by atoms with Gasteiger partial charge in [-0.25, -0.2) is 0 Å². The van der Waals surface area contributed by atoms with Crippen LogP contribution >= 0.6 is 0 Å². The first-order valence-corrected chi connectivity index (χ1v) is 8.24. The lowest BCUT2D eigenvalue weighted by Gasteiger charge is -2.28. The fourth-order valence-corrected chi connectivity index (χ4v) is 3.54. The Kier molecular flexibility index (Phi) is 4.59. The molecule has 2 aliphatic rings. The zero-order valence-corrected chi connectivity index (χ0v) is 12.9. The molecule has 0 aromatic heterocycles. The van der Waals surface area contributed by atoms with Crippen molar-refractivity contribution >= 4 is 5.78 Å². The van der Waals surface area contributed by atoms with Gasteiger partial charge in [0, 0.05) is 6.42 Å². The predicted octanol–water partition coefficient (Wildman–Crippen LogP) is 3.22. The monoisotopic (exact) mass is 287 g/mol. The molecule has 0 bridgehead atoms.